The van der Waals surface area contributed by atoms with Gasteiger partial charge in [0.2, 0.25) is 0 Å². The first-order chi connectivity index (χ1) is 34.7. The molecule has 3 N–H and O–H groups in total. The topological polar surface area (TPSA) is 202 Å². The fourth-order valence-corrected chi connectivity index (χ4v) is 5.93. The molecule has 0 amide bonds. The maximum absolute atomic E-state index is 12.9. The van der Waals surface area contributed by atoms with Crippen LogP contribution in [0.25, 0.3) is 56.3 Å². The predicted molar refractivity (Wildman–Crippen MR) is 318 cm³/mol. The Balaban J connectivity index is 0.000000253. The molecule has 0 fully saturated rings. The molecule has 0 spiro atoms. The summed E-state index contributed by atoms with van der Waals surface area (Å²) in [7, 11) is 1.30. The van der Waals surface area contributed by atoms with E-state index in [4.69, 9.17) is 22.4 Å². The molecule has 10 rings (SSSR count). The summed E-state index contributed by atoms with van der Waals surface area (Å²) in [5.74, 6) is -2.40. The number of esters is 1. The predicted octanol–water partition coefficient (Wildman–Crippen LogP) is 11.2. The van der Waals surface area contributed by atoms with Crippen LogP contribution in [-0.4, -0.2) is 73.7 Å². The monoisotopic (exact) mass is 1700 g/mol. The van der Waals surface area contributed by atoms with E-state index in [-0.39, 0.29) is 66.1 Å². The van der Waals surface area contributed by atoms with Crippen molar-refractivity contribution in [2.24, 2.45) is 0 Å². The number of aromatic nitrogens is 10. The Kier molecular flexibility index (Phi) is 28.2. The van der Waals surface area contributed by atoms with Crippen LogP contribution >= 0.6 is 110 Å². The van der Waals surface area contributed by atoms with Crippen LogP contribution in [0.4, 0.5) is 23.4 Å². The van der Waals surface area contributed by atoms with Gasteiger partial charge in [0, 0.05) is 59.5 Å². The van der Waals surface area contributed by atoms with Crippen LogP contribution in [0.15, 0.2) is 158 Å². The standard InChI is InChI=1S/C14H10FN3O2.C13H8FN3O2.C10H6ClFN2.C10H8FN3.CH4.I3.I2.HI/c1-20-14(19)12-8-18-13(16-12)7-6-11(17-18)9-2-4-10(15)5-3-9;14-9-3-1-8(2-4-9)10-5-6-12-15-11(13(18)19)7-17(12)16-10;11-10-6-5-9(13-14-10)7-1-3-8(12)4-2-7;11-8-3-1-7(2-4-8)9-5-6-10(12)14-13-9;;1-3-2;1-2;/h2-8H,1H3;1-7H,(H,18,19);1-6H;1-6H,(H2,12,14);1H4;;;1H/q;;;;;-1;;. The van der Waals surface area contributed by atoms with Crippen LogP contribution in [0.3, 0.4) is 0 Å². The van der Waals surface area contributed by atoms with Crippen molar-refractivity contribution < 1.29 is 50.2 Å². The van der Waals surface area contributed by atoms with E-state index in [1.807, 2.05) is 0 Å². The van der Waals surface area contributed by atoms with Gasteiger partial charge in [0.05, 0.1) is 42.3 Å². The van der Waals surface area contributed by atoms with Crippen molar-refractivity contribution in [3.63, 3.8) is 0 Å². The van der Waals surface area contributed by atoms with Gasteiger partial charge in [0.1, 0.15) is 29.1 Å². The van der Waals surface area contributed by atoms with Crippen molar-refractivity contribution in [1.82, 2.24) is 49.6 Å². The number of fused-ring (bicyclic) bond motifs is 2. The van der Waals surface area contributed by atoms with Crippen molar-refractivity contribution in [2.45, 2.75) is 7.43 Å². The minimum absolute atomic E-state index is 0. The fraction of sp³-hybridized carbons (Fsp3) is 0.0417. The number of anilines is 1. The van der Waals surface area contributed by atoms with Crippen molar-refractivity contribution >= 4 is 139 Å². The van der Waals surface area contributed by atoms with Crippen molar-refractivity contribution in [1.29, 1.82) is 0 Å². The Morgan fingerprint density at radius 1 is 0.554 bits per heavy atom. The molecule has 0 aliphatic heterocycles. The third kappa shape index (κ3) is 19.5. The zero-order valence-corrected chi connectivity index (χ0v) is 50.8. The normalized spacial score (nSPS) is 9.86. The minimum atomic E-state index is -1.10. The van der Waals surface area contributed by atoms with Crippen LogP contribution in [0.1, 0.15) is 28.4 Å². The van der Waals surface area contributed by atoms with Gasteiger partial charge in [-0.2, -0.15) is 10.2 Å². The summed E-state index contributed by atoms with van der Waals surface area (Å²) in [5, 5.41) is 32.9. The second-order valence-electron chi connectivity index (χ2n) is 13.8. The van der Waals surface area contributed by atoms with Gasteiger partial charge in [-0.25, -0.2) is 46.1 Å². The van der Waals surface area contributed by atoms with Gasteiger partial charge in [-0.1, -0.05) is 19.0 Å². The van der Waals surface area contributed by atoms with E-state index in [0.29, 0.717) is 58.3 Å². The molecule has 0 radical (unpaired) electrons. The zero-order valence-electron chi connectivity index (χ0n) is 36.9. The number of imidazole rings is 2. The summed E-state index contributed by atoms with van der Waals surface area (Å²) >= 11 is 15.1. The maximum atomic E-state index is 12.9. The third-order valence-corrected chi connectivity index (χ3v) is 9.33. The SMILES string of the molecule is C.COC(=O)c1cn2nc(-c3ccc(F)cc3)ccc2n1.Fc1ccc(-c2ccc(Cl)nn2)cc1.I.II.I[I-]I.Nc1ccc(-c2ccc(F)cc2)nn1.O=C(O)c1cn2nc(-c3ccc(F)cc3)ccc2n1. The van der Waals surface area contributed by atoms with Crippen LogP contribution in [0, 0.1) is 23.3 Å². The summed E-state index contributed by atoms with van der Waals surface area (Å²) in [4.78, 5) is 30.2. The second kappa shape index (κ2) is 32.8. The van der Waals surface area contributed by atoms with E-state index in [2.05, 4.69) is 120 Å². The number of carbonyl (C=O) groups is 2. The van der Waals surface area contributed by atoms with Gasteiger partial charge < -0.3 is 15.6 Å². The van der Waals surface area contributed by atoms with E-state index in [9.17, 15) is 27.2 Å². The molecular formula is C48H37ClF4I6N11O4-. The van der Waals surface area contributed by atoms with Crippen molar-refractivity contribution in [3.05, 3.63) is 198 Å². The number of methoxy groups -OCH3 is 1. The third-order valence-electron chi connectivity index (χ3n) is 9.13. The molecule has 386 valence electrons. The number of halogens is 11. The smallest absolute Gasteiger partial charge is 0.356 e. The van der Waals surface area contributed by atoms with Gasteiger partial charge >= 0.3 is 62.4 Å². The molecule has 0 bridgehead atoms. The molecule has 0 unspecified atom stereocenters. The number of hydrogen-bond donors (Lipinski definition) is 2. The fourth-order valence-electron chi connectivity index (χ4n) is 5.83. The summed E-state index contributed by atoms with van der Waals surface area (Å²) < 4.78 is 58.5. The summed E-state index contributed by atoms with van der Waals surface area (Å²) in [6.45, 7) is 0. The van der Waals surface area contributed by atoms with Gasteiger partial charge in [0.15, 0.2) is 27.8 Å². The van der Waals surface area contributed by atoms with E-state index in [1.165, 1.54) is 77.1 Å². The molecule has 10 aromatic rings. The van der Waals surface area contributed by atoms with Crippen LogP contribution in [0.2, 0.25) is 5.15 Å². The maximum Gasteiger partial charge on any atom is 0.356 e. The first-order valence-electron chi connectivity index (χ1n) is 19.9. The molecule has 0 atom stereocenters. The number of hydrogen-bond acceptors (Lipinski definition) is 12. The number of nitrogen functional groups attached to an aromatic ring is 1. The van der Waals surface area contributed by atoms with Crippen molar-refractivity contribution in [2.75, 3.05) is 12.8 Å². The molecule has 0 aliphatic carbocycles. The number of carbonyl (C=O) groups excluding carboxylic acids is 1. The van der Waals surface area contributed by atoms with E-state index in [1.54, 1.807) is 97.1 Å². The minimum Gasteiger partial charge on any atom is -0.476 e. The number of carboxylic acids is 1. The van der Waals surface area contributed by atoms with Gasteiger partial charge in [-0.3, -0.25) is 0 Å². The van der Waals surface area contributed by atoms with Crippen LogP contribution in [0.5, 0.6) is 0 Å². The summed E-state index contributed by atoms with van der Waals surface area (Å²) in [6.07, 6.45) is 2.83. The van der Waals surface area contributed by atoms with E-state index < -0.39 is 11.9 Å². The number of benzene rings is 4. The molecule has 4 aromatic carbocycles. The molecule has 26 heteroatoms. The number of nitrogens with zero attached hydrogens (tertiary/aromatic N) is 10. The number of nitrogens with two attached hydrogens (primary N) is 1. The average molecular weight is 1700 g/mol. The molecule has 15 nitrogen and oxygen atoms in total. The Bertz CT molecular complexity index is 3140. The Morgan fingerprint density at radius 2 is 0.892 bits per heavy atom. The first kappa shape index (κ1) is 63.7. The first-order valence-corrected chi connectivity index (χ1v) is 39.1. The van der Waals surface area contributed by atoms with Gasteiger partial charge in [0.25, 0.3) is 0 Å². The number of ether oxygens (including phenoxy) is 1. The zero-order chi connectivity index (χ0) is 52.2. The molecule has 74 heavy (non-hydrogen) atoms. The molecule has 0 saturated heterocycles. The molecular weight excluding hydrogens is 1670 g/mol. The molecule has 6 heterocycles. The Hall–Kier alpha value is -4.59. The number of rotatable bonds is 6. The van der Waals surface area contributed by atoms with Gasteiger partial charge in [-0.05, 0) is 146 Å². The molecule has 0 aliphatic rings. The Morgan fingerprint density at radius 3 is 1.23 bits per heavy atom. The average Bonchev–Trinajstić information content (AvgIpc) is 4.04. The Labute approximate surface area is 495 Å². The quantitative estimate of drug-likeness (QED) is 0.0905. The van der Waals surface area contributed by atoms with Crippen LogP contribution < -0.4 is 19.0 Å². The number of aromatic carboxylic acids is 1. The van der Waals surface area contributed by atoms with Crippen molar-refractivity contribution in [3.8, 4) is 45.0 Å². The summed E-state index contributed by atoms with van der Waals surface area (Å²) in [5.41, 5.74) is 12.3. The van der Waals surface area contributed by atoms with Gasteiger partial charge in [-0.15, -0.1) is 44.4 Å². The molecule has 0 saturated carbocycles. The summed E-state index contributed by atoms with van der Waals surface area (Å²) in [6, 6.07) is 37.7. The second-order valence-corrected chi connectivity index (χ2v) is 30.4. The number of carboxylic acid groups (broad SMARTS) is 1. The van der Waals surface area contributed by atoms with E-state index >= 15 is 0 Å². The largest absolute Gasteiger partial charge is 0.476 e. The molecule has 6 aromatic heterocycles. The van der Waals surface area contributed by atoms with Crippen LogP contribution in [-0.2, 0) is 4.74 Å². The van der Waals surface area contributed by atoms with E-state index in [0.717, 1.165) is 22.3 Å².